The zero-order valence-electron chi connectivity index (χ0n) is 8.04. The summed E-state index contributed by atoms with van der Waals surface area (Å²) in [6, 6.07) is 0. The van der Waals surface area contributed by atoms with Crippen molar-refractivity contribution in [3.8, 4) is 0 Å². The van der Waals surface area contributed by atoms with Gasteiger partial charge in [0.2, 0.25) is 5.91 Å². The van der Waals surface area contributed by atoms with Crippen LogP contribution < -0.4 is 5.73 Å². The summed E-state index contributed by atoms with van der Waals surface area (Å²) in [7, 11) is 0. The van der Waals surface area contributed by atoms with Gasteiger partial charge in [0.25, 0.3) is 0 Å². The average Bonchev–Trinajstić information content (AvgIpc) is 2.11. The molecule has 0 aromatic rings. The van der Waals surface area contributed by atoms with Crippen LogP contribution in [0.15, 0.2) is 36.1 Å². The van der Waals surface area contributed by atoms with Crippen LogP contribution in [0.3, 0.4) is 0 Å². The Labute approximate surface area is 78.6 Å². The number of nitrogens with two attached hydrogens (primary N) is 1. The van der Waals surface area contributed by atoms with Crippen LogP contribution in [0.5, 0.6) is 0 Å². The Hall–Kier alpha value is -1.51. The Bertz CT molecular complexity index is 252. The normalized spacial score (nSPS) is 11.7. The van der Waals surface area contributed by atoms with E-state index in [9.17, 15) is 4.79 Å². The number of allylic oxidation sites excluding steroid dienone is 2. The lowest BCUT2D eigenvalue weighted by atomic mass is 10.2. The number of ether oxygens (including phenoxy) is 1. The molecule has 3 heteroatoms. The first-order valence-corrected chi connectivity index (χ1v) is 4.07. The maximum atomic E-state index is 10.6. The molecule has 0 bridgehead atoms. The number of rotatable bonds is 5. The van der Waals surface area contributed by atoms with Crippen LogP contribution in [0.2, 0.25) is 0 Å². The van der Waals surface area contributed by atoms with E-state index in [1.54, 1.807) is 12.2 Å². The fourth-order valence-corrected chi connectivity index (χ4v) is 0.659. The molecule has 0 aliphatic heterocycles. The van der Waals surface area contributed by atoms with Gasteiger partial charge in [-0.05, 0) is 32.1 Å². The summed E-state index contributed by atoms with van der Waals surface area (Å²) < 4.78 is 5.20. The average molecular weight is 181 g/mol. The monoisotopic (exact) mass is 181 g/mol. The molecule has 3 nitrogen and oxygen atoms in total. The van der Waals surface area contributed by atoms with Gasteiger partial charge >= 0.3 is 0 Å². The van der Waals surface area contributed by atoms with Gasteiger partial charge in [0.05, 0.1) is 6.61 Å². The molecule has 0 rings (SSSR count). The fourth-order valence-electron chi connectivity index (χ4n) is 0.659. The van der Waals surface area contributed by atoms with E-state index < -0.39 is 5.91 Å². The van der Waals surface area contributed by atoms with E-state index in [2.05, 4.69) is 6.58 Å². The van der Waals surface area contributed by atoms with Crippen LogP contribution in [0.1, 0.15) is 13.8 Å². The van der Waals surface area contributed by atoms with Crippen LogP contribution in [0.4, 0.5) is 0 Å². The van der Waals surface area contributed by atoms with Crippen LogP contribution >= 0.6 is 0 Å². The highest BCUT2D eigenvalue weighted by Gasteiger charge is 1.95. The van der Waals surface area contributed by atoms with Crippen LogP contribution in [-0.4, -0.2) is 12.5 Å². The van der Waals surface area contributed by atoms with E-state index in [1.165, 1.54) is 6.08 Å². The van der Waals surface area contributed by atoms with E-state index in [0.717, 1.165) is 0 Å². The minimum absolute atomic E-state index is 0.263. The highest BCUT2D eigenvalue weighted by molar-refractivity contribution is 5.94. The Kier molecular flexibility index (Phi) is 5.35. The largest absolute Gasteiger partial charge is 0.494 e. The van der Waals surface area contributed by atoms with Crippen molar-refractivity contribution in [2.75, 3.05) is 6.61 Å². The SMILES string of the molecule is C=C(/C=C\C(=C/C)OCC)C(N)=O. The Balaban J connectivity index is 4.24. The van der Waals surface area contributed by atoms with Crippen LogP contribution in [0.25, 0.3) is 0 Å². The van der Waals surface area contributed by atoms with Gasteiger partial charge in [0.1, 0.15) is 5.76 Å². The lowest BCUT2D eigenvalue weighted by Crippen LogP contribution is -2.11. The molecule has 0 aromatic carbocycles. The minimum atomic E-state index is -0.525. The molecule has 0 atom stereocenters. The van der Waals surface area contributed by atoms with Gasteiger partial charge in [-0.3, -0.25) is 4.79 Å². The van der Waals surface area contributed by atoms with Crippen LogP contribution in [-0.2, 0) is 9.53 Å². The summed E-state index contributed by atoms with van der Waals surface area (Å²) in [5.74, 6) is 0.174. The fraction of sp³-hybridized carbons (Fsp3) is 0.300. The predicted molar refractivity (Wildman–Crippen MR) is 52.9 cm³/mol. The lowest BCUT2D eigenvalue weighted by Gasteiger charge is -2.01. The number of amides is 1. The maximum Gasteiger partial charge on any atom is 0.248 e. The number of primary amides is 1. The molecule has 0 saturated heterocycles. The van der Waals surface area contributed by atoms with E-state index in [4.69, 9.17) is 10.5 Å². The Morgan fingerprint density at radius 1 is 1.54 bits per heavy atom. The third-order valence-corrected chi connectivity index (χ3v) is 1.36. The van der Waals surface area contributed by atoms with Crippen molar-refractivity contribution >= 4 is 5.91 Å². The lowest BCUT2D eigenvalue weighted by molar-refractivity contribution is -0.114. The molecule has 0 heterocycles. The molecular weight excluding hydrogens is 166 g/mol. The second-order valence-corrected chi connectivity index (χ2v) is 2.35. The highest BCUT2D eigenvalue weighted by Crippen LogP contribution is 2.01. The second-order valence-electron chi connectivity index (χ2n) is 2.35. The standard InChI is InChI=1S/C10H15NO2/c1-4-9(13-5-2)7-6-8(3)10(11)12/h4,6-7H,3,5H2,1-2H3,(H2,11,12)/b7-6-,9-4+. The molecule has 0 aliphatic rings. The van der Waals surface area contributed by atoms with Gasteiger partial charge in [-0.25, -0.2) is 0 Å². The second kappa shape index (κ2) is 6.06. The molecule has 0 fully saturated rings. The molecule has 0 unspecified atom stereocenters. The van der Waals surface area contributed by atoms with Crippen molar-refractivity contribution < 1.29 is 9.53 Å². The number of hydrogen-bond acceptors (Lipinski definition) is 2. The predicted octanol–water partition coefficient (Wildman–Crippen LogP) is 1.52. The molecule has 0 aliphatic carbocycles. The Morgan fingerprint density at radius 2 is 2.15 bits per heavy atom. The van der Waals surface area contributed by atoms with Crippen molar-refractivity contribution in [3.05, 3.63) is 36.1 Å². The first kappa shape index (κ1) is 11.5. The van der Waals surface area contributed by atoms with Crippen molar-refractivity contribution in [1.82, 2.24) is 0 Å². The minimum Gasteiger partial charge on any atom is -0.494 e. The molecular formula is C10H15NO2. The summed E-state index contributed by atoms with van der Waals surface area (Å²) >= 11 is 0. The van der Waals surface area contributed by atoms with Crippen molar-refractivity contribution in [1.29, 1.82) is 0 Å². The molecule has 1 amide bonds. The molecule has 0 radical (unpaired) electrons. The smallest absolute Gasteiger partial charge is 0.248 e. The van der Waals surface area contributed by atoms with E-state index in [-0.39, 0.29) is 5.57 Å². The summed E-state index contributed by atoms with van der Waals surface area (Å²) in [4.78, 5) is 10.6. The van der Waals surface area contributed by atoms with Crippen molar-refractivity contribution in [2.45, 2.75) is 13.8 Å². The summed E-state index contributed by atoms with van der Waals surface area (Å²) in [6.07, 6.45) is 5.00. The first-order chi connectivity index (χ1) is 6.11. The van der Waals surface area contributed by atoms with Gasteiger partial charge in [0.15, 0.2) is 0 Å². The van der Waals surface area contributed by atoms with Gasteiger partial charge < -0.3 is 10.5 Å². The van der Waals surface area contributed by atoms with Gasteiger partial charge in [-0.1, -0.05) is 6.58 Å². The Morgan fingerprint density at radius 3 is 2.54 bits per heavy atom. The molecule has 13 heavy (non-hydrogen) atoms. The maximum absolute atomic E-state index is 10.6. The van der Waals surface area contributed by atoms with Crippen molar-refractivity contribution in [2.24, 2.45) is 5.73 Å². The van der Waals surface area contributed by atoms with E-state index in [1.807, 2.05) is 13.8 Å². The van der Waals surface area contributed by atoms with Gasteiger partial charge in [-0.15, -0.1) is 0 Å². The number of carbonyl (C=O) groups is 1. The zero-order chi connectivity index (χ0) is 10.3. The quantitative estimate of drug-likeness (QED) is 0.397. The molecule has 0 aromatic heterocycles. The summed E-state index contributed by atoms with van der Waals surface area (Å²) in [6.45, 7) is 7.81. The number of hydrogen-bond donors (Lipinski definition) is 1. The molecule has 72 valence electrons. The third-order valence-electron chi connectivity index (χ3n) is 1.36. The molecule has 2 N–H and O–H groups in total. The zero-order valence-corrected chi connectivity index (χ0v) is 8.04. The topological polar surface area (TPSA) is 52.3 Å². The first-order valence-electron chi connectivity index (χ1n) is 4.07. The van der Waals surface area contributed by atoms with E-state index >= 15 is 0 Å². The third kappa shape index (κ3) is 4.85. The molecule has 0 saturated carbocycles. The highest BCUT2D eigenvalue weighted by atomic mass is 16.5. The molecule has 0 spiro atoms. The summed E-state index contributed by atoms with van der Waals surface area (Å²) in [5.41, 5.74) is 5.25. The van der Waals surface area contributed by atoms with Gasteiger partial charge in [-0.2, -0.15) is 0 Å². The number of carbonyl (C=O) groups excluding carboxylic acids is 1. The van der Waals surface area contributed by atoms with Gasteiger partial charge in [0, 0.05) is 5.57 Å². The van der Waals surface area contributed by atoms with Crippen molar-refractivity contribution in [3.63, 3.8) is 0 Å². The summed E-state index contributed by atoms with van der Waals surface area (Å²) in [5, 5.41) is 0. The van der Waals surface area contributed by atoms with E-state index in [0.29, 0.717) is 12.4 Å². The van der Waals surface area contributed by atoms with Crippen LogP contribution in [0, 0.1) is 0 Å².